The number of aryl methyl sites for hydroxylation is 2. The summed E-state index contributed by atoms with van der Waals surface area (Å²) in [5, 5.41) is 7.93. The monoisotopic (exact) mass is 734 g/mol. The van der Waals surface area contributed by atoms with Gasteiger partial charge in [0.05, 0.1) is 11.6 Å². The zero-order valence-corrected chi connectivity index (χ0v) is 32.8. The maximum atomic E-state index is 13.9. The minimum absolute atomic E-state index is 0.0156. The second kappa shape index (κ2) is 17.0. The Kier molecular flexibility index (Phi) is 12.5. The first kappa shape index (κ1) is 39.6. The predicted molar refractivity (Wildman–Crippen MR) is 210 cm³/mol. The maximum absolute atomic E-state index is 13.9. The number of rotatable bonds is 12. The highest BCUT2D eigenvalue weighted by Crippen LogP contribution is 2.43. The molecular weight excluding hydrogens is 682 g/mol. The molecule has 1 aliphatic heterocycles. The van der Waals surface area contributed by atoms with Crippen LogP contribution in [0.25, 0.3) is 33.4 Å². The lowest BCUT2D eigenvalue weighted by Gasteiger charge is -2.24. The van der Waals surface area contributed by atoms with Crippen LogP contribution < -0.4 is 21.0 Å². The Bertz CT molecular complexity index is 2180. The summed E-state index contributed by atoms with van der Waals surface area (Å²) in [5.41, 5.74) is 7.64. The van der Waals surface area contributed by atoms with Gasteiger partial charge in [0.15, 0.2) is 0 Å². The molecule has 10 heteroatoms. The number of hydrogen-bond donors (Lipinski definition) is 3. The van der Waals surface area contributed by atoms with Gasteiger partial charge in [-0.1, -0.05) is 56.3 Å². The first-order valence-corrected chi connectivity index (χ1v) is 18.5. The molecule has 0 radical (unpaired) electrons. The van der Waals surface area contributed by atoms with Crippen molar-refractivity contribution in [2.24, 2.45) is 5.92 Å². The summed E-state index contributed by atoms with van der Waals surface area (Å²) in [6, 6.07) is 22.2. The summed E-state index contributed by atoms with van der Waals surface area (Å²) in [4.78, 5) is 42.4. The lowest BCUT2D eigenvalue weighted by molar-refractivity contribution is -0.496. The summed E-state index contributed by atoms with van der Waals surface area (Å²) in [7, 11) is 0. The van der Waals surface area contributed by atoms with Gasteiger partial charge in [0.25, 0.3) is 0 Å². The third-order valence-corrected chi connectivity index (χ3v) is 8.93. The summed E-state index contributed by atoms with van der Waals surface area (Å²) in [5.74, 6) is -0.508. The predicted octanol–water partition coefficient (Wildman–Crippen LogP) is 7.20. The van der Waals surface area contributed by atoms with E-state index in [1.165, 1.54) is 0 Å². The van der Waals surface area contributed by atoms with E-state index in [1.54, 1.807) is 26.8 Å². The van der Waals surface area contributed by atoms with Crippen molar-refractivity contribution in [3.63, 3.8) is 0 Å². The van der Waals surface area contributed by atoms with E-state index in [4.69, 9.17) is 18.6 Å². The van der Waals surface area contributed by atoms with E-state index in [0.717, 1.165) is 68.5 Å². The second-order valence-corrected chi connectivity index (χ2v) is 14.8. The summed E-state index contributed by atoms with van der Waals surface area (Å²) in [6.45, 7) is 18.8. The number of benzene rings is 4. The third kappa shape index (κ3) is 9.47. The highest BCUT2D eigenvalue weighted by molar-refractivity contribution is 6.08. The van der Waals surface area contributed by atoms with Crippen LogP contribution in [-0.2, 0) is 32.2 Å². The minimum Gasteiger partial charge on any atom is -0.459 e. The number of ether oxygens (including phenoxy) is 3. The van der Waals surface area contributed by atoms with E-state index in [0.29, 0.717) is 16.9 Å². The summed E-state index contributed by atoms with van der Waals surface area (Å²) >= 11 is 0. The molecule has 0 saturated heterocycles. The Morgan fingerprint density at radius 3 is 2.13 bits per heavy atom. The zero-order chi connectivity index (χ0) is 39.2. The second-order valence-electron chi connectivity index (χ2n) is 14.8. The van der Waals surface area contributed by atoms with Gasteiger partial charge in [0.1, 0.15) is 42.7 Å². The standard InChI is InChI=1S/C44H51N3O7/c1-10-45-35-22-37-33(20-27(35)5)39(34-21-28(6)36(46-11-2)23-38(34)53-37)31-14-12-13-15-32(31)41(48)51-24-29-16-18-30(19-17-29)25-52-42(49)40(26(3)4)47-43(50)54-44(7,8)9/h12-23,26,40,45H,10-11,24-25H2,1-9H3,(H,47,50)/p+1/t40-/m0/s1. The molecule has 3 aromatic carbocycles. The van der Waals surface area contributed by atoms with Gasteiger partial charge in [0, 0.05) is 40.4 Å². The molecule has 284 valence electrons. The van der Waals surface area contributed by atoms with Crippen LogP contribution in [0.3, 0.4) is 0 Å². The van der Waals surface area contributed by atoms with E-state index >= 15 is 0 Å². The molecule has 0 saturated carbocycles. The molecule has 0 aromatic heterocycles. The normalized spacial score (nSPS) is 12.5. The molecule has 10 nitrogen and oxygen atoms in total. The van der Waals surface area contributed by atoms with Crippen LogP contribution in [0.4, 0.5) is 10.5 Å². The molecule has 3 N–H and O–H groups in total. The fourth-order valence-corrected chi connectivity index (χ4v) is 6.27. The Hall–Kier alpha value is -5.64. The van der Waals surface area contributed by atoms with Crippen molar-refractivity contribution in [2.45, 2.75) is 87.2 Å². The summed E-state index contributed by atoms with van der Waals surface area (Å²) in [6.07, 6.45) is -0.678. The van der Waals surface area contributed by atoms with Gasteiger partial charge in [-0.25, -0.2) is 19.4 Å². The third-order valence-electron chi connectivity index (χ3n) is 8.93. The fourth-order valence-electron chi connectivity index (χ4n) is 6.27. The van der Waals surface area contributed by atoms with Gasteiger partial charge in [-0.05, 0) is 94.8 Å². The number of hydrogen-bond acceptors (Lipinski definition) is 8. The van der Waals surface area contributed by atoms with Gasteiger partial charge in [-0.15, -0.1) is 0 Å². The fraction of sp³-hybridized carbons (Fsp3) is 0.364. The van der Waals surface area contributed by atoms with Crippen LogP contribution in [0.2, 0.25) is 0 Å². The van der Waals surface area contributed by atoms with Gasteiger partial charge in [0.2, 0.25) is 5.36 Å². The van der Waals surface area contributed by atoms with Crippen LogP contribution in [0.1, 0.15) is 81.1 Å². The number of carbonyl (C=O) groups excluding carboxylic acids is 3. The molecule has 1 atom stereocenters. The Labute approximate surface area is 317 Å². The van der Waals surface area contributed by atoms with E-state index < -0.39 is 29.7 Å². The Balaban J connectivity index is 1.36. The van der Waals surface area contributed by atoms with Gasteiger partial charge in [-0.3, -0.25) is 0 Å². The summed E-state index contributed by atoms with van der Waals surface area (Å²) < 4.78 is 23.3. The van der Waals surface area contributed by atoms with Crippen molar-refractivity contribution in [3.8, 4) is 22.5 Å². The molecule has 0 spiro atoms. The van der Waals surface area contributed by atoms with Crippen LogP contribution in [-0.4, -0.2) is 42.8 Å². The highest BCUT2D eigenvalue weighted by Gasteiger charge is 2.28. The minimum atomic E-state index is -0.859. The van der Waals surface area contributed by atoms with Crippen molar-refractivity contribution >= 4 is 34.7 Å². The zero-order valence-electron chi connectivity index (χ0n) is 32.8. The molecule has 54 heavy (non-hydrogen) atoms. The van der Waals surface area contributed by atoms with E-state index in [2.05, 4.69) is 55.5 Å². The number of fused-ring (bicyclic) bond motifs is 2. The molecule has 2 aliphatic rings. The van der Waals surface area contributed by atoms with Gasteiger partial charge >= 0.3 is 18.0 Å². The van der Waals surface area contributed by atoms with Crippen molar-refractivity contribution in [2.75, 3.05) is 18.4 Å². The lowest BCUT2D eigenvalue weighted by Crippen LogP contribution is -2.76. The van der Waals surface area contributed by atoms with Crippen LogP contribution >= 0.6 is 0 Å². The van der Waals surface area contributed by atoms with Gasteiger partial charge in [-0.2, -0.15) is 0 Å². The van der Waals surface area contributed by atoms with Gasteiger partial charge < -0.3 is 29.3 Å². The molecule has 1 heterocycles. The Morgan fingerprint density at radius 1 is 0.833 bits per heavy atom. The van der Waals surface area contributed by atoms with Crippen LogP contribution in [0.15, 0.2) is 77.2 Å². The molecule has 0 unspecified atom stereocenters. The van der Waals surface area contributed by atoms with E-state index in [9.17, 15) is 14.4 Å². The van der Waals surface area contributed by atoms with Crippen LogP contribution in [0.5, 0.6) is 0 Å². The first-order valence-electron chi connectivity index (χ1n) is 18.5. The largest absolute Gasteiger partial charge is 0.459 e. The SMILES string of the molecule is CCNc1cc2oc3cc(=[NH+]CC)c(C)cc-3c(-c3ccccc3C(=O)OCc3ccc(COC(=O)[C@@H](NC(=O)OC(C)(C)C)C(C)C)cc3)c2cc1C. The average molecular weight is 735 g/mol. The quantitative estimate of drug-likeness (QED) is 0.0697. The molecule has 1 amide bonds. The smallest absolute Gasteiger partial charge is 0.408 e. The Morgan fingerprint density at radius 2 is 1.50 bits per heavy atom. The van der Waals surface area contributed by atoms with Crippen molar-refractivity contribution in [1.82, 2.24) is 5.32 Å². The number of amides is 1. The topological polar surface area (TPSA) is 130 Å². The number of anilines is 1. The average Bonchev–Trinajstić information content (AvgIpc) is 3.12. The molecule has 5 rings (SSSR count). The van der Waals surface area contributed by atoms with E-state index in [1.807, 2.05) is 68.4 Å². The molecule has 3 aromatic rings. The number of esters is 2. The first-order chi connectivity index (χ1) is 25.7. The van der Waals surface area contributed by atoms with Crippen molar-refractivity contribution < 1.29 is 38.0 Å². The van der Waals surface area contributed by atoms with E-state index in [-0.39, 0.29) is 19.1 Å². The number of carbonyl (C=O) groups is 3. The molecule has 0 fully saturated rings. The maximum Gasteiger partial charge on any atom is 0.408 e. The van der Waals surface area contributed by atoms with Crippen LogP contribution in [0, 0.1) is 19.8 Å². The lowest BCUT2D eigenvalue weighted by atomic mass is 9.89. The number of nitrogens with one attached hydrogen (secondary N) is 3. The van der Waals surface area contributed by atoms with Crippen molar-refractivity contribution in [3.05, 3.63) is 106 Å². The number of alkyl carbamates (subject to hydrolysis) is 1. The van der Waals surface area contributed by atoms with Crippen molar-refractivity contribution in [1.29, 1.82) is 0 Å². The molecular formula is C44H52N3O7+. The highest BCUT2D eigenvalue weighted by atomic mass is 16.6. The molecule has 0 bridgehead atoms. The molecule has 1 aliphatic carbocycles.